The van der Waals surface area contributed by atoms with Crippen molar-refractivity contribution in [3.05, 3.63) is 144 Å². The third-order valence-electron chi connectivity index (χ3n) is 12.7. The maximum absolute atomic E-state index is 3.88. The molecule has 0 aromatic heterocycles. The van der Waals surface area contributed by atoms with Crippen LogP contribution in [-0.4, -0.2) is 58.3 Å². The van der Waals surface area contributed by atoms with Gasteiger partial charge in [-0.25, -0.2) is 0 Å². The molecule has 0 saturated carbocycles. The molecule has 0 nitrogen and oxygen atoms in total. The van der Waals surface area contributed by atoms with Crippen molar-refractivity contribution in [2.75, 3.05) is 33.3 Å². The minimum Gasteiger partial charge on any atom is -0.165 e. The Morgan fingerprint density at radius 3 is 1.22 bits per heavy atom. The zero-order valence-electron chi connectivity index (χ0n) is 34.9. The normalized spacial score (nSPS) is 14.2. The smallest absolute Gasteiger partial charge is 0.121 e. The van der Waals surface area contributed by atoms with Crippen LogP contribution >= 0.6 is 75.5 Å². The van der Waals surface area contributed by atoms with E-state index >= 15 is 0 Å². The first kappa shape index (κ1) is 48.3. The molecule has 0 spiro atoms. The van der Waals surface area contributed by atoms with Crippen molar-refractivity contribution in [2.45, 2.75) is 99.3 Å². The van der Waals surface area contributed by atoms with Crippen LogP contribution in [0.2, 0.25) is 54.4 Å². The summed E-state index contributed by atoms with van der Waals surface area (Å²) in [7, 11) is -4.81. The highest BCUT2D eigenvalue weighted by Crippen LogP contribution is 2.59. The number of benzene rings is 4. The summed E-state index contributed by atoms with van der Waals surface area (Å²) in [5, 5.41) is 7.97. The van der Waals surface area contributed by atoms with Crippen LogP contribution in [-0.2, 0) is 0 Å². The highest BCUT2D eigenvalue weighted by atomic mass is 79.9. The van der Waals surface area contributed by atoms with Crippen molar-refractivity contribution in [3.63, 3.8) is 0 Å². The summed E-state index contributed by atoms with van der Waals surface area (Å²) in [6, 6.07) is 59.6. The molecule has 312 valence electrons. The van der Waals surface area contributed by atoms with Gasteiger partial charge in [0.2, 0.25) is 0 Å². The van der Waals surface area contributed by atoms with Crippen LogP contribution in [0, 0.1) is 0 Å². The van der Waals surface area contributed by atoms with Crippen LogP contribution in [0.1, 0.15) is 67.2 Å². The largest absolute Gasteiger partial charge is 0.165 e. The van der Waals surface area contributed by atoms with Gasteiger partial charge in [-0.05, 0) is 100.0 Å². The zero-order valence-corrected chi connectivity index (χ0v) is 45.2. The van der Waals surface area contributed by atoms with Crippen LogP contribution in [0.25, 0.3) is 21.5 Å². The second-order valence-electron chi connectivity index (χ2n) is 16.5. The third kappa shape index (κ3) is 13.4. The fraction of sp³-hybridized carbons (Fsp3) is 0.440. The van der Waals surface area contributed by atoms with E-state index in [1.807, 2.05) is 11.8 Å². The number of hydrogen-bond donors (Lipinski definition) is 0. The lowest BCUT2D eigenvalue weighted by Crippen LogP contribution is -2.39. The minimum absolute atomic E-state index is 0.870. The Kier molecular flexibility index (Phi) is 22.2. The van der Waals surface area contributed by atoms with E-state index in [4.69, 9.17) is 0 Å². The number of allylic oxidation sites excluding steroid dienone is 2. The predicted molar refractivity (Wildman–Crippen MR) is 287 cm³/mol. The Morgan fingerprint density at radius 2 is 0.810 bits per heavy atom. The number of thioether (sulfide) groups is 1. The van der Waals surface area contributed by atoms with E-state index in [1.54, 1.807) is 10.4 Å². The molecule has 4 aromatic carbocycles. The summed E-state index contributed by atoms with van der Waals surface area (Å²) in [6.07, 6.45) is 11.7. The molecule has 1 aliphatic heterocycles. The van der Waals surface area contributed by atoms with E-state index in [0.717, 1.165) is 21.3 Å². The molecule has 5 rings (SSSR count). The summed E-state index contributed by atoms with van der Waals surface area (Å²) in [5.74, 6) is 1.30. The van der Waals surface area contributed by atoms with Crippen molar-refractivity contribution in [1.82, 2.24) is 0 Å². The average molecular weight is 1100 g/mol. The number of halogens is 4. The molecule has 0 aliphatic carbocycles. The van der Waals surface area contributed by atoms with E-state index in [1.165, 1.54) is 138 Å². The Labute approximate surface area is 394 Å². The molecule has 0 fully saturated rings. The standard InChI is InChI=1S/C50H66Br4SSi3/c1-55-33-18-39-57(37-16-31-53,38-17-32-54)40-20-42-58(41-19-36-56(34-14-29-51)35-15-30-52)49(45-25-10-4-11-26-45)47(43-21-6-2-7-22-43)48(44-23-8-3-9-24-44)50(58)46-27-12-5-13-28-46/h2-13,21-28,56H,14-20,29-42H2,1H3. The number of hydrogen-bond acceptors (Lipinski definition) is 1. The molecule has 58 heavy (non-hydrogen) atoms. The molecule has 4 aromatic rings. The van der Waals surface area contributed by atoms with Crippen LogP contribution in [0.5, 0.6) is 0 Å². The Morgan fingerprint density at radius 1 is 0.448 bits per heavy atom. The fourth-order valence-corrected chi connectivity index (χ4v) is 29.5. The van der Waals surface area contributed by atoms with Gasteiger partial charge in [0.1, 0.15) is 8.07 Å². The van der Waals surface area contributed by atoms with Gasteiger partial charge >= 0.3 is 0 Å². The second kappa shape index (κ2) is 26.7. The van der Waals surface area contributed by atoms with Crippen molar-refractivity contribution in [3.8, 4) is 0 Å². The second-order valence-corrected chi connectivity index (χ2v) is 33.3. The molecule has 0 radical (unpaired) electrons. The lowest BCUT2D eigenvalue weighted by Gasteiger charge is -2.38. The molecule has 0 unspecified atom stereocenters. The van der Waals surface area contributed by atoms with Crippen LogP contribution in [0.4, 0.5) is 0 Å². The lowest BCUT2D eigenvalue weighted by atomic mass is 9.89. The van der Waals surface area contributed by atoms with E-state index < -0.39 is 24.9 Å². The van der Waals surface area contributed by atoms with Gasteiger partial charge in [0.15, 0.2) is 0 Å². The lowest BCUT2D eigenvalue weighted by molar-refractivity contribution is 0.883. The van der Waals surface area contributed by atoms with E-state index in [-0.39, 0.29) is 0 Å². The van der Waals surface area contributed by atoms with Crippen LogP contribution in [0.15, 0.2) is 121 Å². The first-order chi connectivity index (χ1) is 28.6. The quantitative estimate of drug-likeness (QED) is 0.0310. The molecule has 0 N–H and O–H groups in total. The van der Waals surface area contributed by atoms with Gasteiger partial charge in [-0.15, -0.1) is 0 Å². The third-order valence-corrected chi connectivity index (χ3v) is 30.4. The first-order valence-electron chi connectivity index (χ1n) is 22.0. The molecular formula is C50H66Br4SSi3. The molecular weight excluding hydrogens is 1040 g/mol. The van der Waals surface area contributed by atoms with Crippen molar-refractivity contribution < 1.29 is 0 Å². The van der Waals surface area contributed by atoms with Crippen LogP contribution < -0.4 is 0 Å². The Hall–Kier alpha value is -0.719. The Balaban J connectivity index is 1.76. The van der Waals surface area contributed by atoms with Gasteiger partial charge in [-0.2, -0.15) is 11.8 Å². The summed E-state index contributed by atoms with van der Waals surface area (Å²) in [6.45, 7) is 0. The molecule has 0 saturated heterocycles. The summed E-state index contributed by atoms with van der Waals surface area (Å²) in [5.41, 5.74) is 8.69. The fourth-order valence-electron chi connectivity index (χ4n) is 10.2. The summed E-state index contributed by atoms with van der Waals surface area (Å²) in [4.78, 5) is 0. The first-order valence-corrected chi connectivity index (χ1v) is 35.6. The van der Waals surface area contributed by atoms with Crippen LogP contribution in [0.3, 0.4) is 0 Å². The van der Waals surface area contributed by atoms with Gasteiger partial charge in [-0.1, -0.05) is 240 Å². The number of alkyl halides is 4. The van der Waals surface area contributed by atoms with E-state index in [2.05, 4.69) is 191 Å². The van der Waals surface area contributed by atoms with Gasteiger partial charge in [0.05, 0.1) is 8.07 Å². The molecule has 1 heterocycles. The topological polar surface area (TPSA) is 0 Å². The highest BCUT2D eigenvalue weighted by molar-refractivity contribution is 9.09. The van der Waals surface area contributed by atoms with Crippen molar-refractivity contribution >= 4 is 122 Å². The van der Waals surface area contributed by atoms with E-state index in [0.29, 0.717) is 0 Å². The molecule has 8 heteroatoms. The van der Waals surface area contributed by atoms with Crippen molar-refractivity contribution in [2.24, 2.45) is 0 Å². The summed E-state index contributed by atoms with van der Waals surface area (Å²) >= 11 is 17.4. The molecule has 0 bridgehead atoms. The maximum Gasteiger partial charge on any atom is 0.121 e. The van der Waals surface area contributed by atoms with Gasteiger partial charge in [-0.3, -0.25) is 0 Å². The average Bonchev–Trinajstić information content (AvgIpc) is 3.57. The highest BCUT2D eigenvalue weighted by Gasteiger charge is 2.50. The predicted octanol–water partition coefficient (Wildman–Crippen LogP) is 17.1. The number of rotatable bonds is 28. The Bertz CT molecular complexity index is 1690. The van der Waals surface area contributed by atoms with Gasteiger partial charge in [0, 0.05) is 30.1 Å². The monoisotopic (exact) mass is 1100 g/mol. The molecule has 0 amide bonds. The van der Waals surface area contributed by atoms with Gasteiger partial charge in [0.25, 0.3) is 0 Å². The molecule has 0 atom stereocenters. The summed E-state index contributed by atoms with van der Waals surface area (Å²) < 4.78 is 0. The molecule has 1 aliphatic rings. The maximum atomic E-state index is 3.88. The SMILES string of the molecule is CSCCC[Si](CCCBr)(CCCBr)CCC[Si]1(CCC[SiH](CCCBr)CCCBr)C(c2ccccc2)=C(c2ccccc2)C(c2ccccc2)=C1c1ccccc1. The minimum atomic E-state index is -2.43. The van der Waals surface area contributed by atoms with Crippen molar-refractivity contribution in [1.29, 1.82) is 0 Å². The zero-order chi connectivity index (χ0) is 40.9. The van der Waals surface area contributed by atoms with Gasteiger partial charge < -0.3 is 0 Å². The van der Waals surface area contributed by atoms with E-state index in [9.17, 15) is 0 Å².